The van der Waals surface area contributed by atoms with E-state index in [1.54, 1.807) is 0 Å². The molecule has 120 valence electrons. The highest BCUT2D eigenvalue weighted by molar-refractivity contribution is 5.52. The molecule has 5 heteroatoms. The molecule has 23 heavy (non-hydrogen) atoms. The molecule has 0 amide bonds. The molecule has 0 saturated heterocycles. The Hall–Kier alpha value is -2.17. The summed E-state index contributed by atoms with van der Waals surface area (Å²) < 4.78 is 44.8. The van der Waals surface area contributed by atoms with Gasteiger partial charge in [-0.05, 0) is 49.0 Å². The van der Waals surface area contributed by atoms with Crippen molar-refractivity contribution in [1.29, 1.82) is 0 Å². The molecule has 1 aromatic carbocycles. The molecule has 4 rings (SSSR count). The number of hydrogen-bond acceptors (Lipinski definition) is 2. The Balaban J connectivity index is 1.66. The fraction of sp³-hybridized carbons (Fsp3) is 0.333. The summed E-state index contributed by atoms with van der Waals surface area (Å²) in [4.78, 5) is 0. The van der Waals surface area contributed by atoms with Gasteiger partial charge in [-0.1, -0.05) is 24.3 Å². The fourth-order valence-corrected chi connectivity index (χ4v) is 4.03. The number of ether oxygens (including phenoxy) is 1. The number of alkyl halides is 3. The molecule has 3 unspecified atom stereocenters. The van der Waals surface area contributed by atoms with E-state index in [9.17, 15) is 13.2 Å². The van der Waals surface area contributed by atoms with Gasteiger partial charge in [-0.3, -0.25) is 0 Å². The molecule has 1 aromatic rings. The third kappa shape index (κ3) is 2.18. The lowest BCUT2D eigenvalue weighted by Crippen LogP contribution is -2.28. The molecule has 1 saturated carbocycles. The lowest BCUT2D eigenvalue weighted by molar-refractivity contribution is -0.137. The Labute approximate surface area is 132 Å². The Morgan fingerprint density at radius 3 is 2.83 bits per heavy atom. The molecule has 1 fully saturated rings. The monoisotopic (exact) mass is 319 g/mol. The first-order valence-electron chi connectivity index (χ1n) is 7.61. The second kappa shape index (κ2) is 4.66. The van der Waals surface area contributed by atoms with Crippen LogP contribution in [0.4, 0.5) is 18.9 Å². The number of fused-ring (bicyclic) bond motifs is 1. The van der Waals surface area contributed by atoms with Crippen LogP contribution in [0.1, 0.15) is 18.4 Å². The Bertz CT molecular complexity index is 747. The minimum atomic E-state index is -4.49. The van der Waals surface area contributed by atoms with Crippen LogP contribution >= 0.6 is 0 Å². The van der Waals surface area contributed by atoms with Gasteiger partial charge in [0.15, 0.2) is 0 Å². The van der Waals surface area contributed by atoms with Gasteiger partial charge in [-0.15, -0.1) is 0 Å². The standard InChI is InChI=1S/C18H16F3NO/c19-18(20,21)14-9-13(4-5-15(14)22)23-16-8-11-7-12-3-1-2-6-17(12,16)10-11/h1-6,8-9,11-12H,7,10,22H2. The van der Waals surface area contributed by atoms with Crippen molar-refractivity contribution >= 4 is 5.69 Å². The van der Waals surface area contributed by atoms with Crippen molar-refractivity contribution in [3.05, 3.63) is 59.9 Å². The molecular formula is C18H16F3NO. The van der Waals surface area contributed by atoms with E-state index in [-0.39, 0.29) is 16.9 Å². The highest BCUT2D eigenvalue weighted by atomic mass is 19.4. The van der Waals surface area contributed by atoms with E-state index in [0.29, 0.717) is 11.8 Å². The molecule has 2 nitrogen and oxygen atoms in total. The van der Waals surface area contributed by atoms with Gasteiger partial charge < -0.3 is 10.5 Å². The second-order valence-electron chi connectivity index (χ2n) is 6.47. The van der Waals surface area contributed by atoms with Gasteiger partial charge in [0.05, 0.1) is 11.0 Å². The van der Waals surface area contributed by atoms with Crippen LogP contribution in [0.25, 0.3) is 0 Å². The highest BCUT2D eigenvalue weighted by Gasteiger charge is 2.53. The van der Waals surface area contributed by atoms with Crippen molar-refractivity contribution in [2.75, 3.05) is 5.73 Å². The van der Waals surface area contributed by atoms with Gasteiger partial charge in [0.1, 0.15) is 11.5 Å². The Morgan fingerprint density at radius 2 is 2.04 bits per heavy atom. The summed E-state index contributed by atoms with van der Waals surface area (Å²) in [6, 6.07) is 3.72. The van der Waals surface area contributed by atoms with Crippen LogP contribution < -0.4 is 10.5 Å². The quantitative estimate of drug-likeness (QED) is 0.802. The zero-order valence-electron chi connectivity index (χ0n) is 12.3. The number of benzene rings is 1. The van der Waals surface area contributed by atoms with Crippen LogP contribution in [0.2, 0.25) is 0 Å². The molecule has 2 N–H and O–H groups in total. The Morgan fingerprint density at radius 1 is 1.22 bits per heavy atom. The van der Waals surface area contributed by atoms with Crippen LogP contribution in [0, 0.1) is 17.3 Å². The van der Waals surface area contributed by atoms with Crippen LogP contribution in [0.5, 0.6) is 5.75 Å². The molecule has 0 aromatic heterocycles. The number of nitrogens with two attached hydrogens (primary N) is 1. The van der Waals surface area contributed by atoms with Gasteiger partial charge in [0.25, 0.3) is 0 Å². The van der Waals surface area contributed by atoms with Crippen LogP contribution in [-0.2, 0) is 6.18 Å². The van der Waals surface area contributed by atoms with Gasteiger partial charge in [-0.25, -0.2) is 0 Å². The smallest absolute Gasteiger partial charge is 0.418 e. The molecule has 3 atom stereocenters. The Kier molecular flexibility index (Phi) is 2.92. The molecule has 2 bridgehead atoms. The van der Waals surface area contributed by atoms with Gasteiger partial charge in [0, 0.05) is 5.69 Å². The van der Waals surface area contributed by atoms with E-state index in [0.717, 1.165) is 24.7 Å². The summed E-state index contributed by atoms with van der Waals surface area (Å²) in [5, 5.41) is 0. The van der Waals surface area contributed by atoms with Crippen molar-refractivity contribution in [2.45, 2.75) is 19.0 Å². The van der Waals surface area contributed by atoms with Crippen molar-refractivity contribution < 1.29 is 17.9 Å². The van der Waals surface area contributed by atoms with Gasteiger partial charge in [0.2, 0.25) is 0 Å². The molecule has 3 aliphatic rings. The molecule has 0 radical (unpaired) electrons. The van der Waals surface area contributed by atoms with Crippen LogP contribution in [0.3, 0.4) is 0 Å². The average molecular weight is 319 g/mol. The molecule has 0 aliphatic heterocycles. The third-order valence-corrected chi connectivity index (χ3v) is 5.07. The third-order valence-electron chi connectivity index (χ3n) is 5.07. The number of rotatable bonds is 2. The summed E-state index contributed by atoms with van der Waals surface area (Å²) in [6.07, 6.45) is 7.92. The van der Waals surface area contributed by atoms with E-state index in [1.165, 1.54) is 12.1 Å². The zero-order valence-corrected chi connectivity index (χ0v) is 12.3. The van der Waals surface area contributed by atoms with Crippen molar-refractivity contribution in [1.82, 2.24) is 0 Å². The largest absolute Gasteiger partial charge is 0.461 e. The minimum Gasteiger partial charge on any atom is -0.461 e. The zero-order chi connectivity index (χ0) is 16.2. The SMILES string of the molecule is Nc1ccc(OC2=CC3CC4C=CC=CC24C3)cc1C(F)(F)F. The second-order valence-corrected chi connectivity index (χ2v) is 6.47. The highest BCUT2D eigenvalue weighted by Crippen LogP contribution is 2.60. The molecule has 3 aliphatic carbocycles. The molecular weight excluding hydrogens is 303 g/mol. The van der Waals surface area contributed by atoms with E-state index in [2.05, 4.69) is 18.2 Å². The first-order chi connectivity index (χ1) is 10.9. The molecule has 0 heterocycles. The summed E-state index contributed by atoms with van der Waals surface area (Å²) in [5.74, 6) is 1.74. The fourth-order valence-electron chi connectivity index (χ4n) is 4.03. The summed E-state index contributed by atoms with van der Waals surface area (Å²) >= 11 is 0. The molecule has 1 spiro atoms. The van der Waals surface area contributed by atoms with E-state index >= 15 is 0 Å². The van der Waals surface area contributed by atoms with Crippen LogP contribution in [0.15, 0.2) is 54.3 Å². The number of halogens is 3. The lowest BCUT2D eigenvalue weighted by Gasteiger charge is -2.34. The average Bonchev–Trinajstić information content (AvgIpc) is 3.01. The van der Waals surface area contributed by atoms with Crippen molar-refractivity contribution in [3.8, 4) is 5.75 Å². The maximum Gasteiger partial charge on any atom is 0.418 e. The van der Waals surface area contributed by atoms with Gasteiger partial charge in [-0.2, -0.15) is 13.2 Å². The topological polar surface area (TPSA) is 35.2 Å². The van der Waals surface area contributed by atoms with E-state index in [4.69, 9.17) is 10.5 Å². The van der Waals surface area contributed by atoms with Crippen molar-refractivity contribution in [3.63, 3.8) is 0 Å². The maximum atomic E-state index is 13.0. The number of allylic oxidation sites excluding steroid dienone is 5. The predicted octanol–water partition coefficient (Wildman–Crippen LogP) is 4.70. The number of anilines is 1. The normalized spacial score (nSPS) is 31.2. The lowest BCUT2D eigenvalue weighted by atomic mass is 9.74. The van der Waals surface area contributed by atoms with Crippen molar-refractivity contribution in [2.24, 2.45) is 17.3 Å². The number of nitrogen functional groups attached to an aromatic ring is 1. The first kappa shape index (κ1) is 14.4. The van der Waals surface area contributed by atoms with Gasteiger partial charge >= 0.3 is 6.18 Å². The van der Waals surface area contributed by atoms with E-state index < -0.39 is 11.7 Å². The van der Waals surface area contributed by atoms with E-state index in [1.807, 2.05) is 12.2 Å². The first-order valence-corrected chi connectivity index (χ1v) is 7.61. The summed E-state index contributed by atoms with van der Waals surface area (Å²) in [6.45, 7) is 0. The predicted molar refractivity (Wildman–Crippen MR) is 81.5 cm³/mol. The summed E-state index contributed by atoms with van der Waals surface area (Å²) in [7, 11) is 0. The minimum absolute atomic E-state index is 0.182. The summed E-state index contributed by atoms with van der Waals surface area (Å²) in [5.41, 5.74) is 4.10. The van der Waals surface area contributed by atoms with Crippen LogP contribution in [-0.4, -0.2) is 0 Å². The number of hydrogen-bond donors (Lipinski definition) is 1. The maximum absolute atomic E-state index is 13.0.